The zero-order chi connectivity index (χ0) is 7.40. The van der Waals surface area contributed by atoms with Crippen molar-refractivity contribution in [3.63, 3.8) is 0 Å². The van der Waals surface area contributed by atoms with Crippen molar-refractivity contribution < 1.29 is 0 Å². The van der Waals surface area contributed by atoms with Crippen molar-refractivity contribution in [3.8, 4) is 0 Å². The first-order valence-corrected chi connectivity index (χ1v) is 3.79. The Balaban J connectivity index is 2.69. The lowest BCUT2D eigenvalue weighted by atomic mass is 10.3. The van der Waals surface area contributed by atoms with Gasteiger partial charge in [0.15, 0.2) is 0 Å². The Morgan fingerprint density at radius 1 is 1.60 bits per heavy atom. The highest BCUT2D eigenvalue weighted by atomic mass is 35.5. The van der Waals surface area contributed by atoms with Crippen LogP contribution in [-0.4, -0.2) is 6.21 Å². The van der Waals surface area contributed by atoms with E-state index in [9.17, 15) is 0 Å². The van der Waals surface area contributed by atoms with Gasteiger partial charge in [-0.1, -0.05) is 30.7 Å². The summed E-state index contributed by atoms with van der Waals surface area (Å²) in [4.78, 5) is 4.16. The molecule has 0 atom stereocenters. The van der Waals surface area contributed by atoms with Gasteiger partial charge in [0.05, 0.1) is 5.03 Å². The van der Waals surface area contributed by atoms with E-state index in [1.807, 2.05) is 6.08 Å². The van der Waals surface area contributed by atoms with E-state index in [4.69, 9.17) is 11.6 Å². The Morgan fingerprint density at radius 3 is 3.10 bits per heavy atom. The maximum Gasteiger partial charge on any atom is 0.0552 e. The van der Waals surface area contributed by atoms with Crippen LogP contribution in [0, 0.1) is 0 Å². The Hall–Kier alpha value is -0.560. The van der Waals surface area contributed by atoms with Crippen LogP contribution in [0.3, 0.4) is 0 Å². The number of allylic oxidation sites excluding steroid dienone is 4. The summed E-state index contributed by atoms with van der Waals surface area (Å²) in [5.74, 6) is 0. The van der Waals surface area contributed by atoms with Gasteiger partial charge in [-0.15, -0.1) is 0 Å². The molecule has 0 radical (unpaired) electrons. The molecule has 0 spiro atoms. The second kappa shape index (κ2) is 3.57. The van der Waals surface area contributed by atoms with Gasteiger partial charge in [0.1, 0.15) is 0 Å². The van der Waals surface area contributed by atoms with E-state index in [1.54, 1.807) is 6.21 Å². The van der Waals surface area contributed by atoms with E-state index in [1.165, 1.54) is 0 Å². The van der Waals surface area contributed by atoms with Gasteiger partial charge >= 0.3 is 0 Å². The molecule has 1 nitrogen and oxygen atoms in total. The normalized spacial score (nSPS) is 17.8. The zero-order valence-corrected chi connectivity index (χ0v) is 6.73. The standard InChI is InChI=1S/C8H10ClN/c1-2-8-5-3-4-7(9)6-10-8/h4-6H,2-3H2,1H3. The quantitative estimate of drug-likeness (QED) is 0.552. The van der Waals surface area contributed by atoms with Crippen molar-refractivity contribution in [2.24, 2.45) is 4.99 Å². The molecule has 54 valence electrons. The monoisotopic (exact) mass is 155 g/mol. The third-order valence-corrected chi connectivity index (χ3v) is 1.63. The largest absolute Gasteiger partial charge is 0.260 e. The molecule has 0 aromatic rings. The van der Waals surface area contributed by atoms with Crippen molar-refractivity contribution >= 4 is 17.8 Å². The van der Waals surface area contributed by atoms with Crippen LogP contribution in [0.5, 0.6) is 0 Å². The number of hydrogen-bond donors (Lipinski definition) is 0. The topological polar surface area (TPSA) is 12.4 Å². The minimum absolute atomic E-state index is 0.736. The van der Waals surface area contributed by atoms with Crippen molar-refractivity contribution in [3.05, 3.63) is 22.9 Å². The molecule has 0 aliphatic carbocycles. The second-order valence-corrected chi connectivity index (χ2v) is 2.57. The van der Waals surface area contributed by atoms with Crippen molar-refractivity contribution in [1.29, 1.82) is 0 Å². The maximum atomic E-state index is 5.72. The Labute approximate surface area is 66.1 Å². The van der Waals surface area contributed by atoms with Gasteiger partial charge in [-0.05, 0) is 12.8 Å². The number of rotatable bonds is 1. The lowest BCUT2D eigenvalue weighted by Crippen LogP contribution is -1.74. The molecule has 0 N–H and O–H groups in total. The molecule has 0 amide bonds. The van der Waals surface area contributed by atoms with Crippen LogP contribution < -0.4 is 0 Å². The minimum Gasteiger partial charge on any atom is -0.260 e. The molecule has 1 heterocycles. The predicted octanol–water partition coefficient (Wildman–Crippen LogP) is 2.88. The molecule has 1 aliphatic heterocycles. The molecule has 0 saturated carbocycles. The summed E-state index contributed by atoms with van der Waals surface area (Å²) in [6.45, 7) is 2.09. The average Bonchev–Trinajstić information content (AvgIpc) is 2.14. The van der Waals surface area contributed by atoms with Gasteiger partial charge in [-0.2, -0.15) is 0 Å². The van der Waals surface area contributed by atoms with Crippen molar-refractivity contribution in [2.75, 3.05) is 0 Å². The van der Waals surface area contributed by atoms with E-state index in [2.05, 4.69) is 18.0 Å². The lowest BCUT2D eigenvalue weighted by molar-refractivity contribution is 1.06. The molecule has 0 aromatic carbocycles. The summed E-state index contributed by atoms with van der Waals surface area (Å²) in [6, 6.07) is 0. The molecular weight excluding hydrogens is 146 g/mol. The van der Waals surface area contributed by atoms with Gasteiger partial charge < -0.3 is 0 Å². The zero-order valence-electron chi connectivity index (χ0n) is 5.97. The summed E-state index contributed by atoms with van der Waals surface area (Å²) in [5.41, 5.74) is 1.12. The fourth-order valence-electron chi connectivity index (χ4n) is 0.793. The molecule has 0 fully saturated rings. The van der Waals surface area contributed by atoms with E-state index in [0.29, 0.717) is 0 Å². The molecule has 0 aromatic heterocycles. The number of nitrogens with zero attached hydrogens (tertiary/aromatic N) is 1. The summed E-state index contributed by atoms with van der Waals surface area (Å²) in [5, 5.41) is 0.736. The number of halogens is 1. The van der Waals surface area contributed by atoms with Gasteiger partial charge in [-0.3, -0.25) is 4.99 Å². The Bertz CT molecular complexity index is 201. The van der Waals surface area contributed by atoms with Gasteiger partial charge in [-0.25, -0.2) is 0 Å². The van der Waals surface area contributed by atoms with Crippen molar-refractivity contribution in [2.45, 2.75) is 19.8 Å². The van der Waals surface area contributed by atoms with E-state index in [-0.39, 0.29) is 0 Å². The first-order valence-electron chi connectivity index (χ1n) is 3.41. The molecule has 1 aliphatic rings. The van der Waals surface area contributed by atoms with Crippen LogP contribution in [-0.2, 0) is 0 Å². The van der Waals surface area contributed by atoms with Crippen LogP contribution in [0.1, 0.15) is 19.8 Å². The fraction of sp³-hybridized carbons (Fsp3) is 0.375. The molecule has 2 heteroatoms. The Morgan fingerprint density at radius 2 is 2.40 bits per heavy atom. The molecule has 1 rings (SSSR count). The highest BCUT2D eigenvalue weighted by molar-refractivity contribution is 6.39. The molecular formula is C8H10ClN. The minimum atomic E-state index is 0.736. The lowest BCUT2D eigenvalue weighted by Gasteiger charge is -1.90. The smallest absolute Gasteiger partial charge is 0.0552 e. The van der Waals surface area contributed by atoms with Gasteiger partial charge in [0.2, 0.25) is 0 Å². The summed E-state index contributed by atoms with van der Waals surface area (Å²) >= 11 is 5.72. The maximum absolute atomic E-state index is 5.72. The third kappa shape index (κ3) is 1.99. The summed E-state index contributed by atoms with van der Waals surface area (Å²) in [7, 11) is 0. The summed E-state index contributed by atoms with van der Waals surface area (Å²) in [6.07, 6.45) is 7.62. The number of hydrogen-bond acceptors (Lipinski definition) is 1. The first kappa shape index (κ1) is 7.55. The van der Waals surface area contributed by atoms with Gasteiger partial charge in [0.25, 0.3) is 0 Å². The molecule has 10 heavy (non-hydrogen) atoms. The second-order valence-electron chi connectivity index (χ2n) is 2.13. The van der Waals surface area contributed by atoms with E-state index >= 15 is 0 Å². The molecule has 0 bridgehead atoms. The Kier molecular flexibility index (Phi) is 2.69. The first-order chi connectivity index (χ1) is 4.83. The van der Waals surface area contributed by atoms with E-state index in [0.717, 1.165) is 23.6 Å². The SMILES string of the molecule is CCC1=CCC=C(Cl)C=N1. The average molecular weight is 156 g/mol. The number of aliphatic imine (C=N–C) groups is 1. The van der Waals surface area contributed by atoms with E-state index < -0.39 is 0 Å². The molecule has 0 unspecified atom stereocenters. The fourth-order valence-corrected chi connectivity index (χ4v) is 0.931. The molecule has 0 saturated heterocycles. The predicted molar refractivity (Wildman–Crippen MR) is 45.4 cm³/mol. The highest BCUT2D eigenvalue weighted by Crippen LogP contribution is 2.11. The third-order valence-electron chi connectivity index (χ3n) is 1.38. The van der Waals surface area contributed by atoms with Crippen LogP contribution in [0.25, 0.3) is 0 Å². The van der Waals surface area contributed by atoms with Crippen LogP contribution in [0.15, 0.2) is 27.9 Å². The van der Waals surface area contributed by atoms with Crippen LogP contribution >= 0.6 is 11.6 Å². The van der Waals surface area contributed by atoms with Crippen molar-refractivity contribution in [1.82, 2.24) is 0 Å². The summed E-state index contributed by atoms with van der Waals surface area (Å²) < 4.78 is 0. The highest BCUT2D eigenvalue weighted by Gasteiger charge is 1.93. The van der Waals surface area contributed by atoms with Gasteiger partial charge in [0, 0.05) is 11.9 Å². The van der Waals surface area contributed by atoms with Crippen LogP contribution in [0.4, 0.5) is 0 Å². The van der Waals surface area contributed by atoms with Crippen LogP contribution in [0.2, 0.25) is 0 Å².